The average molecular weight is 546 g/mol. The smallest absolute Gasteiger partial charge is 0.336 e. The quantitative estimate of drug-likeness (QED) is 0.162. The van der Waals surface area contributed by atoms with Crippen LogP contribution in [0.4, 0.5) is 0 Å². The van der Waals surface area contributed by atoms with Crippen molar-refractivity contribution in [2.45, 2.75) is 61.4 Å². The van der Waals surface area contributed by atoms with E-state index in [0.717, 1.165) is 0 Å². The van der Waals surface area contributed by atoms with E-state index in [1.165, 1.54) is 32.4 Å². The number of fused-ring (bicyclic) bond motifs is 1. The summed E-state index contributed by atoms with van der Waals surface area (Å²) >= 11 is 0. The Morgan fingerprint density at radius 1 is 0.789 bits per heavy atom. The summed E-state index contributed by atoms with van der Waals surface area (Å²) in [5.41, 5.74) is -0.644. The molecule has 2 aromatic rings. The number of benzene rings is 1. The van der Waals surface area contributed by atoms with E-state index in [1.54, 1.807) is 0 Å². The number of rotatable bonds is 8. The van der Waals surface area contributed by atoms with Gasteiger partial charge in [-0.2, -0.15) is 0 Å². The SMILES string of the molecule is COc1cc2ccc(=O)oc2c(OC)c1OC1OC(COC2OC(CO)C(O)C(O)C2O)C(O)C(O)C1O. The van der Waals surface area contributed by atoms with Crippen LogP contribution in [0.5, 0.6) is 17.2 Å². The second-order valence-corrected chi connectivity index (χ2v) is 8.78. The van der Waals surface area contributed by atoms with E-state index < -0.39 is 80.3 Å². The molecule has 1 aromatic heterocycles. The fourth-order valence-electron chi connectivity index (χ4n) is 4.25. The number of ether oxygens (including phenoxy) is 6. The summed E-state index contributed by atoms with van der Waals surface area (Å²) in [6, 6.07) is 4.16. The lowest BCUT2D eigenvalue weighted by molar-refractivity contribution is -0.323. The average Bonchev–Trinajstić information content (AvgIpc) is 2.91. The molecule has 0 bridgehead atoms. The minimum absolute atomic E-state index is 0.0178. The van der Waals surface area contributed by atoms with Crippen LogP contribution in [0, 0.1) is 0 Å². The van der Waals surface area contributed by atoms with Crippen molar-refractivity contribution in [3.63, 3.8) is 0 Å². The van der Waals surface area contributed by atoms with Gasteiger partial charge >= 0.3 is 5.63 Å². The molecule has 0 saturated carbocycles. The van der Waals surface area contributed by atoms with E-state index in [9.17, 15) is 40.5 Å². The van der Waals surface area contributed by atoms with Crippen LogP contribution in [0.3, 0.4) is 0 Å². The molecule has 4 rings (SSSR count). The van der Waals surface area contributed by atoms with Gasteiger partial charge in [0, 0.05) is 11.5 Å². The Balaban J connectivity index is 1.56. The van der Waals surface area contributed by atoms with E-state index in [0.29, 0.717) is 5.39 Å². The highest BCUT2D eigenvalue weighted by molar-refractivity contribution is 5.88. The lowest BCUT2D eigenvalue weighted by Gasteiger charge is -2.42. The Kier molecular flexibility index (Phi) is 8.73. The van der Waals surface area contributed by atoms with Crippen LogP contribution in [-0.2, 0) is 14.2 Å². The molecule has 2 saturated heterocycles. The van der Waals surface area contributed by atoms with Gasteiger partial charge in [-0.1, -0.05) is 0 Å². The number of aliphatic hydroxyl groups is 7. The number of hydrogen-bond donors (Lipinski definition) is 7. The maximum absolute atomic E-state index is 11.8. The van der Waals surface area contributed by atoms with Crippen LogP contribution in [0.2, 0.25) is 0 Å². The Hall–Kier alpha value is -2.57. The Bertz CT molecular complexity index is 1150. The predicted molar refractivity (Wildman–Crippen MR) is 123 cm³/mol. The summed E-state index contributed by atoms with van der Waals surface area (Å²) in [6.45, 7) is -1.22. The highest BCUT2D eigenvalue weighted by Gasteiger charge is 2.48. The molecule has 15 nitrogen and oxygen atoms in total. The maximum atomic E-state index is 11.8. The highest BCUT2D eigenvalue weighted by Crippen LogP contribution is 2.44. The van der Waals surface area contributed by atoms with Crippen molar-refractivity contribution in [1.82, 2.24) is 0 Å². The van der Waals surface area contributed by atoms with E-state index in [2.05, 4.69) is 0 Å². The van der Waals surface area contributed by atoms with Crippen LogP contribution in [0.25, 0.3) is 11.0 Å². The van der Waals surface area contributed by atoms with Crippen molar-refractivity contribution in [1.29, 1.82) is 0 Å². The molecule has 0 radical (unpaired) electrons. The molecular weight excluding hydrogens is 516 g/mol. The molecule has 2 aliphatic rings. The van der Waals surface area contributed by atoms with Gasteiger partial charge < -0.3 is 68.6 Å². The summed E-state index contributed by atoms with van der Waals surface area (Å²) in [4.78, 5) is 11.8. The number of methoxy groups -OCH3 is 2. The zero-order valence-electron chi connectivity index (χ0n) is 20.3. The molecule has 2 aliphatic heterocycles. The molecule has 2 fully saturated rings. The van der Waals surface area contributed by atoms with Crippen molar-refractivity contribution in [3.05, 3.63) is 28.6 Å². The van der Waals surface area contributed by atoms with Gasteiger partial charge in [-0.15, -0.1) is 0 Å². The van der Waals surface area contributed by atoms with Crippen molar-refractivity contribution in [3.8, 4) is 17.2 Å². The molecule has 3 heterocycles. The Morgan fingerprint density at radius 2 is 1.42 bits per heavy atom. The Morgan fingerprint density at radius 3 is 2.05 bits per heavy atom. The highest BCUT2D eigenvalue weighted by atomic mass is 16.7. The van der Waals surface area contributed by atoms with E-state index in [1.807, 2.05) is 0 Å². The van der Waals surface area contributed by atoms with Crippen molar-refractivity contribution in [2.24, 2.45) is 0 Å². The molecule has 7 N–H and O–H groups in total. The molecule has 10 atom stereocenters. The lowest BCUT2D eigenvalue weighted by Crippen LogP contribution is -2.62. The normalized spacial score (nSPS) is 35.7. The zero-order valence-corrected chi connectivity index (χ0v) is 20.3. The minimum Gasteiger partial charge on any atom is -0.493 e. The lowest BCUT2D eigenvalue weighted by atomic mass is 9.98. The van der Waals surface area contributed by atoms with Crippen molar-refractivity contribution in [2.75, 3.05) is 27.4 Å². The summed E-state index contributed by atoms with van der Waals surface area (Å²) in [5, 5.41) is 71.2. The minimum atomic E-state index is -1.78. The molecule has 0 aliphatic carbocycles. The van der Waals surface area contributed by atoms with Gasteiger partial charge in [0.25, 0.3) is 0 Å². The van der Waals surface area contributed by atoms with Crippen molar-refractivity contribution >= 4 is 11.0 Å². The second kappa shape index (κ2) is 11.7. The molecule has 0 spiro atoms. The van der Waals surface area contributed by atoms with E-state index in [4.69, 9.17) is 32.8 Å². The number of hydrogen-bond acceptors (Lipinski definition) is 15. The summed E-state index contributed by atoms with van der Waals surface area (Å²) in [6.07, 6.45) is -16.0. The van der Waals surface area contributed by atoms with Crippen molar-refractivity contribution < 1.29 is 68.6 Å². The fraction of sp³-hybridized carbons (Fsp3) is 0.609. The second-order valence-electron chi connectivity index (χ2n) is 8.78. The van der Waals surface area contributed by atoms with Gasteiger partial charge in [-0.05, 0) is 12.1 Å². The first kappa shape index (κ1) is 28.4. The largest absolute Gasteiger partial charge is 0.493 e. The standard InChI is InChI=1S/C23H30O15/c1-32-9-5-8-3-4-12(25)37-19(8)21(33-2)20(9)38-23-18(31)16(29)14(27)11(36-23)7-34-22-17(30)15(28)13(26)10(6-24)35-22/h3-5,10-11,13-18,22-24,26-31H,6-7H2,1-2H3. The van der Waals surface area contributed by atoms with Gasteiger partial charge in [0.1, 0.15) is 48.8 Å². The number of aliphatic hydroxyl groups excluding tert-OH is 7. The van der Waals surface area contributed by atoms with Crippen LogP contribution in [-0.4, -0.2) is 125 Å². The first-order valence-electron chi connectivity index (χ1n) is 11.6. The molecule has 10 unspecified atom stereocenters. The van der Waals surface area contributed by atoms with Gasteiger partial charge in [-0.3, -0.25) is 0 Å². The van der Waals surface area contributed by atoms with Crippen LogP contribution < -0.4 is 19.8 Å². The first-order chi connectivity index (χ1) is 18.1. The van der Waals surface area contributed by atoms with Gasteiger partial charge in [-0.25, -0.2) is 4.79 Å². The summed E-state index contributed by atoms with van der Waals surface area (Å²) in [5.74, 6) is -0.102. The molecule has 212 valence electrons. The fourth-order valence-corrected chi connectivity index (χ4v) is 4.25. The van der Waals surface area contributed by atoms with Gasteiger partial charge in [0.2, 0.25) is 17.8 Å². The topological polar surface area (TPSA) is 227 Å². The summed E-state index contributed by atoms with van der Waals surface area (Å²) < 4.78 is 38.0. The predicted octanol–water partition coefficient (Wildman–Crippen LogP) is -3.19. The molecule has 38 heavy (non-hydrogen) atoms. The third-order valence-corrected chi connectivity index (χ3v) is 6.39. The third-order valence-electron chi connectivity index (χ3n) is 6.39. The van der Waals surface area contributed by atoms with E-state index in [-0.39, 0.29) is 22.8 Å². The summed E-state index contributed by atoms with van der Waals surface area (Å²) in [7, 11) is 2.61. The molecular formula is C23H30O15. The first-order valence-corrected chi connectivity index (χ1v) is 11.6. The monoisotopic (exact) mass is 546 g/mol. The Labute approximate surface area is 214 Å². The molecule has 1 aromatic carbocycles. The van der Waals surface area contributed by atoms with Crippen LogP contribution in [0.1, 0.15) is 0 Å². The van der Waals surface area contributed by atoms with Crippen LogP contribution in [0.15, 0.2) is 27.4 Å². The molecule has 15 heteroatoms. The van der Waals surface area contributed by atoms with Gasteiger partial charge in [0.05, 0.1) is 27.4 Å². The van der Waals surface area contributed by atoms with E-state index >= 15 is 0 Å². The maximum Gasteiger partial charge on any atom is 0.336 e. The zero-order chi connectivity index (χ0) is 27.7. The van der Waals surface area contributed by atoms with Crippen LogP contribution >= 0.6 is 0 Å². The van der Waals surface area contributed by atoms with Gasteiger partial charge in [0.15, 0.2) is 17.6 Å². The molecule has 0 amide bonds. The third kappa shape index (κ3) is 5.30.